The molecule has 4 heteroatoms. The molecule has 26 heavy (non-hydrogen) atoms. The van der Waals surface area contributed by atoms with Crippen LogP contribution in [0.15, 0.2) is 54.6 Å². The van der Waals surface area contributed by atoms with Gasteiger partial charge >= 0.3 is 0 Å². The molecule has 2 aromatic rings. The summed E-state index contributed by atoms with van der Waals surface area (Å²) in [7, 11) is 1.97. The molecule has 0 saturated carbocycles. The molecule has 0 spiro atoms. The van der Waals surface area contributed by atoms with E-state index in [-0.39, 0.29) is 5.91 Å². The van der Waals surface area contributed by atoms with E-state index in [4.69, 9.17) is 0 Å². The number of benzene rings is 2. The van der Waals surface area contributed by atoms with E-state index >= 15 is 0 Å². The Labute approximate surface area is 156 Å². The lowest BCUT2D eigenvalue weighted by Crippen LogP contribution is -2.32. The van der Waals surface area contributed by atoms with Gasteiger partial charge in [-0.2, -0.15) is 0 Å². The van der Waals surface area contributed by atoms with Crippen molar-refractivity contribution in [2.45, 2.75) is 26.3 Å². The molecule has 0 aliphatic carbocycles. The Balaban J connectivity index is 1.48. The van der Waals surface area contributed by atoms with Crippen molar-refractivity contribution in [1.29, 1.82) is 0 Å². The van der Waals surface area contributed by atoms with Gasteiger partial charge in [0.1, 0.15) is 0 Å². The van der Waals surface area contributed by atoms with E-state index in [2.05, 4.69) is 41.4 Å². The molecule has 2 aromatic carbocycles. The molecule has 1 aliphatic rings. The second kappa shape index (κ2) is 8.86. The minimum atomic E-state index is 0.0166. The monoisotopic (exact) mass is 351 g/mol. The molecular formula is C22H29N3O. The van der Waals surface area contributed by atoms with Crippen molar-refractivity contribution in [3.63, 3.8) is 0 Å². The summed E-state index contributed by atoms with van der Waals surface area (Å²) in [6.45, 7) is 5.71. The lowest BCUT2D eigenvalue weighted by atomic mass is 9.99. The third-order valence-corrected chi connectivity index (χ3v) is 5.01. The highest BCUT2D eigenvalue weighted by atomic mass is 16.2. The summed E-state index contributed by atoms with van der Waals surface area (Å²) in [5.74, 6) is 0.848. The van der Waals surface area contributed by atoms with Gasteiger partial charge < -0.3 is 10.2 Å². The summed E-state index contributed by atoms with van der Waals surface area (Å²) in [4.78, 5) is 16.7. The minimum absolute atomic E-state index is 0.0166. The average molecular weight is 351 g/mol. The van der Waals surface area contributed by atoms with E-state index in [0.717, 1.165) is 31.2 Å². The van der Waals surface area contributed by atoms with Crippen molar-refractivity contribution >= 4 is 17.3 Å². The van der Waals surface area contributed by atoms with Crippen LogP contribution in [0, 0.1) is 5.92 Å². The van der Waals surface area contributed by atoms with Gasteiger partial charge in [-0.1, -0.05) is 37.3 Å². The number of nitrogens with one attached hydrogen (secondary N) is 1. The largest absolute Gasteiger partial charge is 0.372 e. The van der Waals surface area contributed by atoms with Crippen LogP contribution in [0.25, 0.3) is 0 Å². The van der Waals surface area contributed by atoms with E-state index < -0.39 is 0 Å². The zero-order valence-electron chi connectivity index (χ0n) is 15.8. The standard InChI is InChI=1S/C22H29N3O/c1-18-12-14-25(15-13-18)21-10-8-20(9-11-21)23-22(26)17-24(2)16-19-6-4-3-5-7-19/h3-11,18H,12-17H2,1-2H3,(H,23,26). The number of likely N-dealkylation sites (N-methyl/N-ethyl adjacent to an activating group) is 1. The van der Waals surface area contributed by atoms with Crippen molar-refractivity contribution < 1.29 is 4.79 Å². The van der Waals surface area contributed by atoms with Crippen molar-refractivity contribution in [3.05, 3.63) is 60.2 Å². The number of rotatable bonds is 6. The Morgan fingerprint density at radius 2 is 1.73 bits per heavy atom. The SMILES string of the molecule is CC1CCN(c2ccc(NC(=O)CN(C)Cc3ccccc3)cc2)CC1. The third kappa shape index (κ3) is 5.33. The summed E-state index contributed by atoms with van der Waals surface area (Å²) in [5, 5.41) is 3.00. The van der Waals surface area contributed by atoms with Gasteiger partial charge in [-0.25, -0.2) is 0 Å². The van der Waals surface area contributed by atoms with Gasteiger partial charge in [0, 0.05) is 31.0 Å². The number of amides is 1. The highest BCUT2D eigenvalue weighted by molar-refractivity contribution is 5.92. The van der Waals surface area contributed by atoms with E-state index in [1.165, 1.54) is 24.1 Å². The zero-order valence-corrected chi connectivity index (χ0v) is 15.8. The number of anilines is 2. The van der Waals surface area contributed by atoms with Crippen LogP contribution in [0.2, 0.25) is 0 Å². The molecule has 1 amide bonds. The van der Waals surface area contributed by atoms with Crippen molar-refractivity contribution in [1.82, 2.24) is 4.90 Å². The molecule has 1 heterocycles. The Hall–Kier alpha value is -2.33. The summed E-state index contributed by atoms with van der Waals surface area (Å²) in [6, 6.07) is 18.4. The molecule has 1 fully saturated rings. The molecule has 0 aromatic heterocycles. The fourth-order valence-electron chi connectivity index (χ4n) is 3.42. The summed E-state index contributed by atoms with van der Waals surface area (Å²) in [6.07, 6.45) is 2.51. The Morgan fingerprint density at radius 3 is 2.38 bits per heavy atom. The predicted octanol–water partition coefficient (Wildman–Crippen LogP) is 3.99. The molecule has 1 N–H and O–H groups in total. The summed E-state index contributed by atoms with van der Waals surface area (Å²) >= 11 is 0. The van der Waals surface area contributed by atoms with E-state index in [9.17, 15) is 4.79 Å². The van der Waals surface area contributed by atoms with Crippen LogP contribution in [0.5, 0.6) is 0 Å². The Bertz CT molecular complexity index is 691. The van der Waals surface area contributed by atoms with Gasteiger partial charge in [-0.05, 0) is 55.6 Å². The predicted molar refractivity (Wildman–Crippen MR) is 108 cm³/mol. The van der Waals surface area contributed by atoms with Crippen LogP contribution in [0.3, 0.4) is 0 Å². The van der Waals surface area contributed by atoms with Crippen LogP contribution >= 0.6 is 0 Å². The minimum Gasteiger partial charge on any atom is -0.372 e. The number of hydrogen-bond acceptors (Lipinski definition) is 3. The normalized spacial score (nSPS) is 15.3. The first kappa shape index (κ1) is 18.5. The number of nitrogens with zero attached hydrogens (tertiary/aromatic N) is 2. The van der Waals surface area contributed by atoms with Crippen LogP contribution in [0.4, 0.5) is 11.4 Å². The topological polar surface area (TPSA) is 35.6 Å². The van der Waals surface area contributed by atoms with Gasteiger partial charge in [-0.15, -0.1) is 0 Å². The van der Waals surface area contributed by atoms with Gasteiger partial charge in [0.05, 0.1) is 6.54 Å². The summed E-state index contributed by atoms with van der Waals surface area (Å²) < 4.78 is 0. The molecule has 138 valence electrons. The molecule has 0 bridgehead atoms. The first-order valence-corrected chi connectivity index (χ1v) is 9.47. The second-order valence-corrected chi connectivity index (χ2v) is 7.42. The first-order valence-electron chi connectivity index (χ1n) is 9.47. The molecule has 1 aliphatic heterocycles. The molecule has 0 atom stereocenters. The molecule has 4 nitrogen and oxygen atoms in total. The van der Waals surface area contributed by atoms with Crippen molar-refractivity contribution in [3.8, 4) is 0 Å². The van der Waals surface area contributed by atoms with E-state index in [1.54, 1.807) is 0 Å². The maximum absolute atomic E-state index is 12.3. The first-order chi connectivity index (χ1) is 12.6. The van der Waals surface area contributed by atoms with E-state index in [1.807, 2.05) is 42.3 Å². The number of carbonyl (C=O) groups excluding carboxylic acids is 1. The Kier molecular flexibility index (Phi) is 6.29. The Morgan fingerprint density at radius 1 is 1.08 bits per heavy atom. The number of hydrogen-bond donors (Lipinski definition) is 1. The molecule has 0 unspecified atom stereocenters. The highest BCUT2D eigenvalue weighted by Gasteiger charge is 2.16. The lowest BCUT2D eigenvalue weighted by molar-refractivity contribution is -0.117. The molecule has 1 saturated heterocycles. The second-order valence-electron chi connectivity index (χ2n) is 7.42. The molecular weight excluding hydrogens is 322 g/mol. The van der Waals surface area contributed by atoms with Crippen molar-refractivity contribution in [2.75, 3.05) is 36.9 Å². The highest BCUT2D eigenvalue weighted by Crippen LogP contribution is 2.24. The molecule has 3 rings (SSSR count). The molecule has 0 radical (unpaired) electrons. The van der Waals surface area contributed by atoms with E-state index in [0.29, 0.717) is 6.54 Å². The fourth-order valence-corrected chi connectivity index (χ4v) is 3.42. The average Bonchev–Trinajstić information content (AvgIpc) is 2.64. The summed E-state index contributed by atoms with van der Waals surface area (Å²) in [5.41, 5.74) is 3.32. The van der Waals surface area contributed by atoms with Crippen LogP contribution in [0.1, 0.15) is 25.3 Å². The van der Waals surface area contributed by atoms with Gasteiger partial charge in [0.2, 0.25) is 5.91 Å². The fraction of sp³-hybridized carbons (Fsp3) is 0.409. The maximum Gasteiger partial charge on any atom is 0.238 e. The smallest absolute Gasteiger partial charge is 0.238 e. The van der Waals surface area contributed by atoms with Crippen molar-refractivity contribution in [2.24, 2.45) is 5.92 Å². The van der Waals surface area contributed by atoms with Gasteiger partial charge in [-0.3, -0.25) is 9.69 Å². The lowest BCUT2D eigenvalue weighted by Gasteiger charge is -2.32. The number of piperidine rings is 1. The van der Waals surface area contributed by atoms with Gasteiger partial charge in [0.15, 0.2) is 0 Å². The van der Waals surface area contributed by atoms with Crippen LogP contribution in [-0.2, 0) is 11.3 Å². The van der Waals surface area contributed by atoms with Crippen LogP contribution in [-0.4, -0.2) is 37.5 Å². The zero-order chi connectivity index (χ0) is 18.4. The number of carbonyl (C=O) groups is 1. The maximum atomic E-state index is 12.3. The van der Waals surface area contributed by atoms with Gasteiger partial charge in [0.25, 0.3) is 0 Å². The third-order valence-electron chi connectivity index (χ3n) is 5.01. The van der Waals surface area contributed by atoms with Crippen LogP contribution < -0.4 is 10.2 Å². The quantitative estimate of drug-likeness (QED) is 0.855.